The number of carbonyl (C=O) groups is 5. The van der Waals surface area contributed by atoms with Gasteiger partial charge in [-0.2, -0.15) is 0 Å². The number of amides is 4. The zero-order valence-electron chi connectivity index (χ0n) is 34.8. The topological polar surface area (TPSA) is 167 Å². The van der Waals surface area contributed by atoms with Crippen molar-refractivity contribution in [3.63, 3.8) is 0 Å². The normalized spacial score (nSPS) is 23.5. The number of nitrogens with zero attached hydrogens (tertiary/aromatic N) is 2. The van der Waals surface area contributed by atoms with E-state index in [0.717, 1.165) is 0 Å². The molecule has 1 aromatic rings. The van der Waals surface area contributed by atoms with Gasteiger partial charge in [-0.05, 0) is 60.8 Å². The average molecular weight is 776 g/mol. The van der Waals surface area contributed by atoms with Crippen LogP contribution in [0.1, 0.15) is 80.2 Å². The van der Waals surface area contributed by atoms with Crippen LogP contribution in [-0.2, 0) is 39.9 Å². The molecule has 1 saturated carbocycles. The summed E-state index contributed by atoms with van der Waals surface area (Å²) in [6, 6.07) is 2.00. The van der Waals surface area contributed by atoms with Gasteiger partial charge in [0, 0.05) is 33.7 Å². The predicted octanol–water partition coefficient (Wildman–Crippen LogP) is 3.49. The van der Waals surface area contributed by atoms with Crippen LogP contribution in [0.3, 0.4) is 0 Å². The monoisotopic (exact) mass is 775 g/mol. The number of fused-ring (bicyclic) bond motifs is 1. The van der Waals surface area contributed by atoms with Crippen molar-refractivity contribution >= 4 is 29.6 Å². The minimum Gasteiger partial charge on any atom is -0.480 e. The molecular weight excluding hydrogens is 709 g/mol. The highest BCUT2D eigenvalue weighted by Gasteiger charge is 2.62. The van der Waals surface area contributed by atoms with Crippen molar-refractivity contribution in [2.45, 2.75) is 130 Å². The number of ether oxygens (including phenoxy) is 2. The van der Waals surface area contributed by atoms with Crippen molar-refractivity contribution < 1.29 is 42.9 Å². The standard InChI is InChI=1S/C41H66FN5O8/c1-13-23(6)35(46(10)40(51)34(22(4)5)45-39(50)33(43-9)21(2)3)31(54-11)20-32(48)47-30(19-28-24(7)36(28)47)37(55-12)25(8)38(49)44-29(41(52)53)18-26-15-14-16-27(42)17-26/h14-17,21-25,28-31,33-37,43H,13,18-20H2,1-12H3,(H,44,49)(H,45,50)(H,52,53)/t23-,24?,25+,28?,29-,30-,31+,33-,34-,35-,36?,37+/m0/s1. The number of rotatable bonds is 21. The third-order valence-corrected chi connectivity index (χ3v) is 12.1. The van der Waals surface area contributed by atoms with Gasteiger partial charge in [0.2, 0.25) is 23.6 Å². The van der Waals surface area contributed by atoms with Crippen LogP contribution in [0.5, 0.6) is 0 Å². The van der Waals surface area contributed by atoms with Gasteiger partial charge in [0.25, 0.3) is 0 Å². The van der Waals surface area contributed by atoms with Gasteiger partial charge in [-0.1, -0.05) is 73.9 Å². The molecule has 1 heterocycles. The molecule has 3 unspecified atom stereocenters. The van der Waals surface area contributed by atoms with Crippen LogP contribution in [0.15, 0.2) is 24.3 Å². The fourth-order valence-corrected chi connectivity index (χ4v) is 8.59. The molecule has 12 atom stereocenters. The molecule has 1 saturated heterocycles. The van der Waals surface area contributed by atoms with E-state index in [2.05, 4.69) is 22.9 Å². The number of likely N-dealkylation sites (N-methyl/N-ethyl adjacent to an activating group) is 2. The lowest BCUT2D eigenvalue weighted by molar-refractivity contribution is -0.149. The van der Waals surface area contributed by atoms with Crippen molar-refractivity contribution in [2.24, 2.45) is 35.5 Å². The van der Waals surface area contributed by atoms with Crippen molar-refractivity contribution in [3.8, 4) is 0 Å². The maximum Gasteiger partial charge on any atom is 0.326 e. The number of hydrogen-bond donors (Lipinski definition) is 4. The first-order valence-electron chi connectivity index (χ1n) is 19.7. The van der Waals surface area contributed by atoms with Gasteiger partial charge in [-0.3, -0.25) is 19.2 Å². The second-order valence-corrected chi connectivity index (χ2v) is 16.4. The van der Waals surface area contributed by atoms with Gasteiger partial charge in [-0.15, -0.1) is 0 Å². The first kappa shape index (κ1) is 45.8. The molecule has 3 rings (SSSR count). The number of carbonyl (C=O) groups excluding carboxylic acids is 4. The highest BCUT2D eigenvalue weighted by Crippen LogP contribution is 2.54. The lowest BCUT2D eigenvalue weighted by atomic mass is 9.89. The summed E-state index contributed by atoms with van der Waals surface area (Å²) in [5.41, 5.74) is 0.430. The van der Waals surface area contributed by atoms with E-state index >= 15 is 0 Å². The van der Waals surface area contributed by atoms with Gasteiger partial charge >= 0.3 is 5.97 Å². The van der Waals surface area contributed by atoms with E-state index in [1.165, 1.54) is 32.4 Å². The molecule has 14 heteroatoms. The zero-order chi connectivity index (χ0) is 41.5. The molecular formula is C41H66FN5O8. The van der Waals surface area contributed by atoms with Gasteiger partial charge in [0.1, 0.15) is 17.9 Å². The summed E-state index contributed by atoms with van der Waals surface area (Å²) < 4.78 is 25.8. The number of halogens is 1. The van der Waals surface area contributed by atoms with Crippen LogP contribution in [0.2, 0.25) is 0 Å². The van der Waals surface area contributed by atoms with Crippen LogP contribution in [0.25, 0.3) is 0 Å². The van der Waals surface area contributed by atoms with E-state index in [-0.39, 0.29) is 66.2 Å². The Morgan fingerprint density at radius 2 is 1.62 bits per heavy atom. The highest BCUT2D eigenvalue weighted by molar-refractivity contribution is 5.90. The lowest BCUT2D eigenvalue weighted by Gasteiger charge is -2.41. The van der Waals surface area contributed by atoms with Gasteiger partial charge in [0.15, 0.2) is 0 Å². The first-order valence-corrected chi connectivity index (χ1v) is 19.7. The number of piperidine rings is 1. The smallest absolute Gasteiger partial charge is 0.326 e. The predicted molar refractivity (Wildman–Crippen MR) is 207 cm³/mol. The number of hydrogen-bond acceptors (Lipinski definition) is 8. The fourth-order valence-electron chi connectivity index (χ4n) is 8.59. The summed E-state index contributed by atoms with van der Waals surface area (Å²) in [5, 5.41) is 18.5. The largest absolute Gasteiger partial charge is 0.480 e. The summed E-state index contributed by atoms with van der Waals surface area (Å²) in [7, 11) is 6.43. The van der Waals surface area contributed by atoms with E-state index in [9.17, 15) is 33.5 Å². The van der Waals surface area contributed by atoms with Gasteiger partial charge in [0.05, 0.1) is 42.7 Å². The number of aliphatic carboxylic acids is 1. The summed E-state index contributed by atoms with van der Waals surface area (Å²) in [4.78, 5) is 71.2. The number of methoxy groups -OCH3 is 2. The highest BCUT2D eigenvalue weighted by atomic mass is 19.1. The average Bonchev–Trinajstić information content (AvgIpc) is 3.55. The molecule has 310 valence electrons. The van der Waals surface area contributed by atoms with E-state index in [4.69, 9.17) is 9.47 Å². The van der Waals surface area contributed by atoms with E-state index in [0.29, 0.717) is 18.4 Å². The SMILES string of the molecule is CC[C@H](C)[C@@H]([C@@H](CC(=O)N1C2C(C)C2C[C@H]1[C@H](OC)[C@@H](C)C(=O)N[C@@H](Cc1cccc(F)c1)C(=O)O)OC)N(C)C(=O)[C@@H](NC(=O)[C@@H](NC)C(C)C)C(C)C. The molecule has 4 amide bonds. The van der Waals surface area contributed by atoms with Crippen LogP contribution < -0.4 is 16.0 Å². The summed E-state index contributed by atoms with van der Waals surface area (Å²) >= 11 is 0. The van der Waals surface area contributed by atoms with Crippen molar-refractivity contribution in [1.82, 2.24) is 25.8 Å². The summed E-state index contributed by atoms with van der Waals surface area (Å²) in [6.07, 6.45) is -0.252. The van der Waals surface area contributed by atoms with Crippen LogP contribution in [-0.4, -0.2) is 121 Å². The second-order valence-electron chi connectivity index (χ2n) is 16.4. The molecule has 0 radical (unpaired) electrons. The molecule has 1 aliphatic heterocycles. The third kappa shape index (κ3) is 10.8. The van der Waals surface area contributed by atoms with E-state index in [1.54, 1.807) is 32.0 Å². The number of carboxylic acid groups (broad SMARTS) is 1. The second kappa shape index (κ2) is 20.0. The molecule has 2 aliphatic rings. The molecule has 4 N–H and O–H groups in total. The van der Waals surface area contributed by atoms with Gasteiger partial charge < -0.3 is 40.3 Å². The van der Waals surface area contributed by atoms with Crippen LogP contribution in [0.4, 0.5) is 4.39 Å². The maximum absolute atomic E-state index is 14.5. The minimum atomic E-state index is -1.30. The fraction of sp³-hybridized carbons (Fsp3) is 0.732. The van der Waals surface area contributed by atoms with Crippen molar-refractivity contribution in [3.05, 3.63) is 35.6 Å². The maximum atomic E-state index is 14.5. The van der Waals surface area contributed by atoms with Crippen molar-refractivity contribution in [2.75, 3.05) is 28.3 Å². The number of carboxylic acids is 1. The molecule has 1 aromatic carbocycles. The van der Waals surface area contributed by atoms with Crippen LogP contribution in [0, 0.1) is 41.3 Å². The third-order valence-electron chi connectivity index (χ3n) is 12.1. The molecule has 0 spiro atoms. The molecule has 13 nitrogen and oxygen atoms in total. The summed E-state index contributed by atoms with van der Waals surface area (Å²) in [5.74, 6) is -3.64. The Bertz CT molecular complexity index is 1490. The zero-order valence-corrected chi connectivity index (χ0v) is 34.8. The van der Waals surface area contributed by atoms with E-state index < -0.39 is 66.0 Å². The Morgan fingerprint density at radius 1 is 0.982 bits per heavy atom. The molecule has 55 heavy (non-hydrogen) atoms. The quantitative estimate of drug-likeness (QED) is 0.146. The molecule has 2 fully saturated rings. The van der Waals surface area contributed by atoms with Gasteiger partial charge in [-0.25, -0.2) is 9.18 Å². The molecule has 0 bridgehead atoms. The molecule has 1 aliphatic carbocycles. The Kier molecular flexibility index (Phi) is 16.6. The number of likely N-dealkylation sites (tertiary alicyclic amines) is 1. The lowest BCUT2D eigenvalue weighted by Crippen LogP contribution is -2.59. The number of nitrogens with one attached hydrogen (secondary N) is 3. The first-order chi connectivity index (χ1) is 25.8. The van der Waals surface area contributed by atoms with Crippen molar-refractivity contribution in [1.29, 1.82) is 0 Å². The Balaban J connectivity index is 1.83. The summed E-state index contributed by atoms with van der Waals surface area (Å²) in [6.45, 7) is 15.4. The minimum absolute atomic E-state index is 0.00842. The Morgan fingerprint density at radius 3 is 2.13 bits per heavy atom. The molecule has 0 aromatic heterocycles. The Hall–Kier alpha value is -3.62. The Labute approximate surface area is 326 Å². The van der Waals surface area contributed by atoms with Crippen LogP contribution >= 0.6 is 0 Å². The number of benzene rings is 1. The van der Waals surface area contributed by atoms with E-state index in [1.807, 2.05) is 46.4 Å².